The largest absolute Gasteiger partial charge is 0.492 e. The van der Waals surface area contributed by atoms with E-state index in [9.17, 15) is 13.2 Å². The Bertz CT molecular complexity index is 1040. The minimum absolute atomic E-state index is 0.109. The van der Waals surface area contributed by atoms with Gasteiger partial charge in [0.05, 0.1) is 17.2 Å². The average molecular weight is 458 g/mol. The zero-order valence-electron chi connectivity index (χ0n) is 18.7. The SMILES string of the molecule is CCOc1ccccc1N(CC(=O)NN=C1CCCCCC1)S(=O)(=O)c1ccc(C)cc1. The van der Waals surface area contributed by atoms with Gasteiger partial charge in [-0.2, -0.15) is 5.10 Å². The predicted octanol–water partition coefficient (Wildman–Crippen LogP) is 4.42. The number of amides is 1. The number of hydrogen-bond acceptors (Lipinski definition) is 5. The summed E-state index contributed by atoms with van der Waals surface area (Å²) in [6, 6.07) is 13.4. The van der Waals surface area contributed by atoms with Gasteiger partial charge in [0, 0.05) is 5.71 Å². The highest BCUT2D eigenvalue weighted by atomic mass is 32.2. The molecule has 0 atom stereocenters. The molecule has 1 aliphatic rings. The summed E-state index contributed by atoms with van der Waals surface area (Å²) >= 11 is 0. The third-order valence-corrected chi connectivity index (χ3v) is 7.12. The quantitative estimate of drug-likeness (QED) is 0.470. The molecule has 1 saturated carbocycles. The third-order valence-electron chi connectivity index (χ3n) is 5.35. The number of aryl methyl sites for hydroxylation is 1. The second kappa shape index (κ2) is 11.1. The minimum atomic E-state index is -4.01. The van der Waals surface area contributed by atoms with E-state index in [2.05, 4.69) is 10.5 Å². The van der Waals surface area contributed by atoms with Gasteiger partial charge >= 0.3 is 0 Å². The van der Waals surface area contributed by atoms with Crippen LogP contribution < -0.4 is 14.5 Å². The second-order valence-corrected chi connectivity index (χ2v) is 9.72. The molecule has 0 unspecified atom stereocenters. The number of para-hydroxylation sites is 2. The first-order chi connectivity index (χ1) is 15.4. The van der Waals surface area contributed by atoms with E-state index < -0.39 is 22.5 Å². The van der Waals surface area contributed by atoms with Crippen LogP contribution in [0.4, 0.5) is 5.69 Å². The van der Waals surface area contributed by atoms with Crippen LogP contribution in [0.5, 0.6) is 5.75 Å². The van der Waals surface area contributed by atoms with Gasteiger partial charge in [0.25, 0.3) is 15.9 Å². The molecular weight excluding hydrogens is 426 g/mol. The van der Waals surface area contributed by atoms with Crippen molar-refractivity contribution in [3.63, 3.8) is 0 Å². The molecule has 2 aromatic carbocycles. The van der Waals surface area contributed by atoms with Crippen molar-refractivity contribution in [1.29, 1.82) is 0 Å². The standard InChI is InChI=1S/C24H31N3O4S/c1-3-31-23-13-9-8-12-22(23)27(32(29,30)21-16-14-19(2)15-17-21)18-24(28)26-25-20-10-6-4-5-7-11-20/h8-9,12-17H,3-7,10-11,18H2,1-2H3,(H,26,28). The van der Waals surface area contributed by atoms with E-state index >= 15 is 0 Å². The molecule has 32 heavy (non-hydrogen) atoms. The topological polar surface area (TPSA) is 88.1 Å². The molecule has 8 heteroatoms. The maximum absolute atomic E-state index is 13.5. The lowest BCUT2D eigenvalue weighted by Gasteiger charge is -2.25. The van der Waals surface area contributed by atoms with Gasteiger partial charge in [0.15, 0.2) is 0 Å². The summed E-state index contributed by atoms with van der Waals surface area (Å²) in [5, 5.41) is 4.28. The maximum atomic E-state index is 13.5. The van der Waals surface area contributed by atoms with E-state index in [1.54, 1.807) is 48.5 Å². The predicted molar refractivity (Wildman–Crippen MR) is 127 cm³/mol. The number of nitrogens with zero attached hydrogens (tertiary/aromatic N) is 2. The molecule has 0 aliphatic heterocycles. The molecule has 0 heterocycles. The maximum Gasteiger partial charge on any atom is 0.264 e. The summed E-state index contributed by atoms with van der Waals surface area (Å²) in [6.07, 6.45) is 6.18. The molecule has 0 spiro atoms. The highest BCUT2D eigenvalue weighted by Gasteiger charge is 2.29. The molecule has 0 saturated heterocycles. The van der Waals surface area contributed by atoms with E-state index in [0.717, 1.165) is 41.3 Å². The second-order valence-electron chi connectivity index (χ2n) is 7.85. The molecule has 0 radical (unpaired) electrons. The van der Waals surface area contributed by atoms with Crippen LogP contribution in [-0.4, -0.2) is 33.2 Å². The first-order valence-corrected chi connectivity index (χ1v) is 12.5. The minimum Gasteiger partial charge on any atom is -0.492 e. The average Bonchev–Trinajstić information content (AvgIpc) is 3.06. The molecular formula is C24H31N3O4S. The van der Waals surface area contributed by atoms with Gasteiger partial charge in [-0.3, -0.25) is 9.10 Å². The fraction of sp³-hybridized carbons (Fsp3) is 0.417. The number of hydrogen-bond donors (Lipinski definition) is 1. The number of hydrazone groups is 1. The van der Waals surface area contributed by atoms with Crippen LogP contribution in [0.15, 0.2) is 58.5 Å². The lowest BCUT2D eigenvalue weighted by atomic mass is 10.2. The van der Waals surface area contributed by atoms with E-state index in [1.807, 2.05) is 13.8 Å². The van der Waals surface area contributed by atoms with Gasteiger partial charge < -0.3 is 4.74 Å². The number of benzene rings is 2. The number of carbonyl (C=O) groups is 1. The van der Waals surface area contributed by atoms with Gasteiger partial charge in [-0.05, 0) is 63.8 Å². The Balaban J connectivity index is 1.91. The number of anilines is 1. The van der Waals surface area contributed by atoms with Crippen LogP contribution >= 0.6 is 0 Å². The fourth-order valence-electron chi connectivity index (χ4n) is 3.63. The summed E-state index contributed by atoms with van der Waals surface area (Å²) < 4.78 is 33.8. The van der Waals surface area contributed by atoms with E-state index in [0.29, 0.717) is 18.0 Å². The van der Waals surface area contributed by atoms with Crippen molar-refractivity contribution >= 4 is 27.3 Å². The van der Waals surface area contributed by atoms with E-state index in [1.165, 1.54) is 12.8 Å². The van der Waals surface area contributed by atoms with Crippen molar-refractivity contribution in [3.8, 4) is 5.75 Å². The van der Waals surface area contributed by atoms with Crippen molar-refractivity contribution in [2.45, 2.75) is 57.3 Å². The highest BCUT2D eigenvalue weighted by molar-refractivity contribution is 7.92. The Morgan fingerprint density at radius 2 is 1.69 bits per heavy atom. The Hall–Kier alpha value is -2.87. The number of carbonyl (C=O) groups excluding carboxylic acids is 1. The van der Waals surface area contributed by atoms with Gasteiger partial charge in [0.2, 0.25) is 0 Å². The summed E-state index contributed by atoms with van der Waals surface area (Å²) in [5.74, 6) is -0.0997. The summed E-state index contributed by atoms with van der Waals surface area (Å²) in [7, 11) is -4.01. The Morgan fingerprint density at radius 1 is 1.03 bits per heavy atom. The number of rotatable bonds is 8. The van der Waals surface area contributed by atoms with Gasteiger partial charge in [-0.15, -0.1) is 0 Å². The monoisotopic (exact) mass is 457 g/mol. The van der Waals surface area contributed by atoms with Gasteiger partial charge in [-0.1, -0.05) is 42.7 Å². The zero-order chi connectivity index (χ0) is 23.0. The van der Waals surface area contributed by atoms with E-state index in [-0.39, 0.29) is 4.90 Å². The van der Waals surface area contributed by atoms with Crippen LogP contribution in [-0.2, 0) is 14.8 Å². The molecule has 1 fully saturated rings. The van der Waals surface area contributed by atoms with Gasteiger partial charge in [-0.25, -0.2) is 13.8 Å². The number of ether oxygens (including phenoxy) is 1. The molecule has 0 aromatic heterocycles. The fourth-order valence-corrected chi connectivity index (χ4v) is 5.07. The highest BCUT2D eigenvalue weighted by Crippen LogP contribution is 2.32. The van der Waals surface area contributed by atoms with Crippen molar-refractivity contribution in [1.82, 2.24) is 5.43 Å². The first kappa shape index (κ1) is 23.8. The van der Waals surface area contributed by atoms with Crippen LogP contribution in [0.25, 0.3) is 0 Å². The van der Waals surface area contributed by atoms with Gasteiger partial charge in [0.1, 0.15) is 12.3 Å². The van der Waals surface area contributed by atoms with Crippen LogP contribution in [0.1, 0.15) is 51.0 Å². The molecule has 0 bridgehead atoms. The normalized spacial score (nSPS) is 14.4. The van der Waals surface area contributed by atoms with Crippen molar-refractivity contribution < 1.29 is 17.9 Å². The Morgan fingerprint density at radius 3 is 2.34 bits per heavy atom. The number of nitrogens with one attached hydrogen (secondary N) is 1. The number of sulfonamides is 1. The molecule has 1 aliphatic carbocycles. The Kier molecular flexibility index (Phi) is 8.27. The zero-order valence-corrected chi connectivity index (χ0v) is 19.5. The Labute approximate surface area is 190 Å². The summed E-state index contributed by atoms with van der Waals surface area (Å²) in [6.45, 7) is 3.68. The molecule has 7 nitrogen and oxygen atoms in total. The van der Waals surface area contributed by atoms with Crippen molar-refractivity contribution in [2.24, 2.45) is 5.10 Å². The van der Waals surface area contributed by atoms with Crippen molar-refractivity contribution in [2.75, 3.05) is 17.5 Å². The third kappa shape index (κ3) is 6.09. The van der Waals surface area contributed by atoms with Crippen molar-refractivity contribution in [3.05, 3.63) is 54.1 Å². The molecule has 172 valence electrons. The van der Waals surface area contributed by atoms with E-state index in [4.69, 9.17) is 4.74 Å². The molecule has 1 N–H and O–H groups in total. The summed E-state index contributed by atoms with van der Waals surface area (Å²) in [4.78, 5) is 12.9. The molecule has 2 aromatic rings. The summed E-state index contributed by atoms with van der Waals surface area (Å²) in [5.41, 5.74) is 4.78. The van der Waals surface area contributed by atoms with Crippen LogP contribution in [0.3, 0.4) is 0 Å². The smallest absolute Gasteiger partial charge is 0.264 e. The molecule has 1 amide bonds. The lowest BCUT2D eigenvalue weighted by Crippen LogP contribution is -2.40. The van der Waals surface area contributed by atoms with Crippen LogP contribution in [0, 0.1) is 6.92 Å². The van der Waals surface area contributed by atoms with Crippen LogP contribution in [0.2, 0.25) is 0 Å². The molecule has 3 rings (SSSR count). The lowest BCUT2D eigenvalue weighted by molar-refractivity contribution is -0.119. The first-order valence-electron chi connectivity index (χ1n) is 11.1.